The average Bonchev–Trinajstić information content (AvgIpc) is 2.52. The normalized spacial score (nSPS) is 9.90. The molecule has 0 bridgehead atoms. The zero-order valence-electron chi connectivity index (χ0n) is 11.2. The van der Waals surface area contributed by atoms with Crippen LogP contribution in [0.5, 0.6) is 0 Å². The number of hydrogen-bond acceptors (Lipinski definition) is 5. The van der Waals surface area contributed by atoms with Gasteiger partial charge >= 0.3 is 0 Å². The first-order valence-corrected chi connectivity index (χ1v) is 6.34. The van der Waals surface area contributed by atoms with E-state index in [1.807, 2.05) is 30.3 Å². The maximum absolute atomic E-state index is 10.8. The van der Waals surface area contributed by atoms with E-state index in [1.54, 1.807) is 6.07 Å². The van der Waals surface area contributed by atoms with E-state index in [1.165, 1.54) is 12.1 Å². The first-order valence-electron chi connectivity index (χ1n) is 6.34. The Balaban J connectivity index is 2.09. The minimum Gasteiger partial charge on any atom is -0.381 e. The molecule has 0 fully saturated rings. The van der Waals surface area contributed by atoms with Gasteiger partial charge in [0.05, 0.1) is 4.92 Å². The van der Waals surface area contributed by atoms with Crippen LogP contribution in [0.3, 0.4) is 0 Å². The largest absolute Gasteiger partial charge is 0.381 e. The number of nitrogens with one attached hydrogen (secondary N) is 1. The molecule has 2 aromatic carbocycles. The van der Waals surface area contributed by atoms with Gasteiger partial charge in [0.15, 0.2) is 0 Å². The lowest BCUT2D eigenvalue weighted by Crippen LogP contribution is -2.02. The number of nitrogens with zero attached hydrogens (tertiary/aromatic N) is 2. The van der Waals surface area contributed by atoms with Crippen molar-refractivity contribution in [3.63, 3.8) is 0 Å². The van der Waals surface area contributed by atoms with Gasteiger partial charge in [-0.3, -0.25) is 10.1 Å². The second kappa shape index (κ2) is 6.50. The van der Waals surface area contributed by atoms with Crippen molar-refractivity contribution in [2.24, 2.45) is 5.73 Å². The Hall–Kier alpha value is -2.91. The third kappa shape index (κ3) is 3.55. The van der Waals surface area contributed by atoms with E-state index in [0.717, 1.165) is 11.1 Å². The molecule has 2 aromatic rings. The monoisotopic (exact) mass is 282 g/mol. The van der Waals surface area contributed by atoms with Crippen molar-refractivity contribution in [2.75, 3.05) is 5.32 Å². The van der Waals surface area contributed by atoms with Crippen LogP contribution in [0.1, 0.15) is 16.7 Å². The Labute approximate surface area is 122 Å². The highest BCUT2D eigenvalue weighted by Gasteiger charge is 2.13. The molecule has 21 heavy (non-hydrogen) atoms. The molecule has 106 valence electrons. The number of nitriles is 1. The fraction of sp³-hybridized carbons (Fsp3) is 0.133. The predicted octanol–water partition coefficient (Wildman–Crippen LogP) is 2.54. The summed E-state index contributed by atoms with van der Waals surface area (Å²) >= 11 is 0. The number of nitrogens with two attached hydrogens (primary N) is 1. The topological polar surface area (TPSA) is 105 Å². The van der Waals surface area contributed by atoms with Crippen molar-refractivity contribution in [3.8, 4) is 6.07 Å². The summed E-state index contributed by atoms with van der Waals surface area (Å²) in [5.74, 6) is 0. The highest BCUT2D eigenvalue weighted by Crippen LogP contribution is 2.22. The quantitative estimate of drug-likeness (QED) is 0.647. The number of hydrogen-bond donors (Lipinski definition) is 2. The van der Waals surface area contributed by atoms with E-state index in [0.29, 0.717) is 18.8 Å². The van der Waals surface area contributed by atoms with Gasteiger partial charge in [-0.05, 0) is 23.3 Å². The Morgan fingerprint density at radius 2 is 1.86 bits per heavy atom. The first-order chi connectivity index (χ1) is 10.1. The summed E-state index contributed by atoms with van der Waals surface area (Å²) in [6, 6.07) is 14.1. The van der Waals surface area contributed by atoms with E-state index in [4.69, 9.17) is 11.0 Å². The summed E-state index contributed by atoms with van der Waals surface area (Å²) in [7, 11) is 0. The molecule has 3 N–H and O–H groups in total. The predicted molar refractivity (Wildman–Crippen MR) is 79.5 cm³/mol. The molecule has 0 heterocycles. The van der Waals surface area contributed by atoms with Crippen LogP contribution in [0.25, 0.3) is 0 Å². The molecule has 0 spiro atoms. The van der Waals surface area contributed by atoms with Crippen LogP contribution in [0.2, 0.25) is 0 Å². The van der Waals surface area contributed by atoms with E-state index in [-0.39, 0.29) is 11.3 Å². The van der Waals surface area contributed by atoms with Gasteiger partial charge in [0.25, 0.3) is 5.69 Å². The number of nitro benzene ring substituents is 1. The summed E-state index contributed by atoms with van der Waals surface area (Å²) in [6.07, 6.45) is 0. The molecule has 2 rings (SSSR count). The van der Waals surface area contributed by atoms with Crippen molar-refractivity contribution in [2.45, 2.75) is 13.1 Å². The van der Waals surface area contributed by atoms with Crippen LogP contribution in [0, 0.1) is 21.4 Å². The molecular weight excluding hydrogens is 268 g/mol. The van der Waals surface area contributed by atoms with Crippen molar-refractivity contribution in [1.82, 2.24) is 0 Å². The van der Waals surface area contributed by atoms with Crippen LogP contribution in [-0.4, -0.2) is 4.92 Å². The van der Waals surface area contributed by atoms with E-state index < -0.39 is 4.92 Å². The number of benzene rings is 2. The molecule has 0 unspecified atom stereocenters. The molecule has 6 nitrogen and oxygen atoms in total. The third-order valence-corrected chi connectivity index (χ3v) is 3.07. The van der Waals surface area contributed by atoms with Gasteiger partial charge in [0, 0.05) is 24.8 Å². The Bertz CT molecular complexity index is 690. The van der Waals surface area contributed by atoms with Crippen LogP contribution < -0.4 is 11.1 Å². The number of nitro groups is 1. The molecule has 0 aliphatic carbocycles. The minimum absolute atomic E-state index is 0.0449. The molecule has 0 saturated carbocycles. The second-order valence-electron chi connectivity index (χ2n) is 4.48. The summed E-state index contributed by atoms with van der Waals surface area (Å²) in [6.45, 7) is 1.06. The molecule has 0 radical (unpaired) electrons. The second-order valence-corrected chi connectivity index (χ2v) is 4.48. The smallest absolute Gasteiger partial charge is 0.287 e. The summed E-state index contributed by atoms with van der Waals surface area (Å²) in [4.78, 5) is 10.2. The highest BCUT2D eigenvalue weighted by molar-refractivity contribution is 5.58. The van der Waals surface area contributed by atoms with Gasteiger partial charge in [-0.25, -0.2) is 0 Å². The maximum atomic E-state index is 10.8. The third-order valence-electron chi connectivity index (χ3n) is 3.07. The lowest BCUT2D eigenvalue weighted by atomic mass is 10.1. The fourth-order valence-electron chi connectivity index (χ4n) is 1.89. The van der Waals surface area contributed by atoms with Crippen LogP contribution in [0.4, 0.5) is 11.4 Å². The van der Waals surface area contributed by atoms with Crippen LogP contribution in [-0.2, 0) is 13.1 Å². The summed E-state index contributed by atoms with van der Waals surface area (Å²) in [5, 5.41) is 22.8. The molecule has 0 aliphatic heterocycles. The van der Waals surface area contributed by atoms with Gasteiger partial charge in [0.2, 0.25) is 0 Å². The zero-order valence-corrected chi connectivity index (χ0v) is 11.2. The van der Waals surface area contributed by atoms with Crippen LogP contribution in [0.15, 0.2) is 42.5 Å². The standard InChI is InChI=1S/C15H14N4O2/c16-8-11-1-3-12(4-2-11)10-18-14-5-6-15(19(20)21)13(7-14)9-17/h1-7,18H,8,10,16H2. The molecular formula is C15H14N4O2. The van der Waals surface area contributed by atoms with Gasteiger partial charge in [-0.2, -0.15) is 5.26 Å². The molecule has 0 atom stereocenters. The minimum atomic E-state index is -0.562. The van der Waals surface area contributed by atoms with Crippen molar-refractivity contribution in [3.05, 3.63) is 69.3 Å². The first kappa shape index (κ1) is 14.5. The Morgan fingerprint density at radius 3 is 2.43 bits per heavy atom. The Morgan fingerprint density at radius 1 is 1.19 bits per heavy atom. The number of anilines is 1. The summed E-state index contributed by atoms with van der Waals surface area (Å²) < 4.78 is 0. The SMILES string of the molecule is N#Cc1cc(NCc2ccc(CN)cc2)ccc1[N+](=O)[O-]. The average molecular weight is 282 g/mol. The molecule has 0 saturated heterocycles. The lowest BCUT2D eigenvalue weighted by molar-refractivity contribution is -0.385. The molecule has 6 heteroatoms. The van der Waals surface area contributed by atoms with Gasteiger partial charge < -0.3 is 11.1 Å². The zero-order chi connectivity index (χ0) is 15.2. The van der Waals surface area contributed by atoms with Gasteiger partial charge in [-0.15, -0.1) is 0 Å². The highest BCUT2D eigenvalue weighted by atomic mass is 16.6. The molecule has 0 amide bonds. The molecule has 0 aliphatic rings. The van der Waals surface area contributed by atoms with Crippen molar-refractivity contribution < 1.29 is 4.92 Å². The Kier molecular flexibility index (Phi) is 4.49. The van der Waals surface area contributed by atoms with Crippen molar-refractivity contribution in [1.29, 1.82) is 5.26 Å². The van der Waals surface area contributed by atoms with Crippen molar-refractivity contribution >= 4 is 11.4 Å². The summed E-state index contributed by atoms with van der Waals surface area (Å²) in [5.41, 5.74) is 8.18. The van der Waals surface area contributed by atoms with Gasteiger partial charge in [-0.1, -0.05) is 24.3 Å². The lowest BCUT2D eigenvalue weighted by Gasteiger charge is -2.07. The van der Waals surface area contributed by atoms with Gasteiger partial charge in [0.1, 0.15) is 11.6 Å². The van der Waals surface area contributed by atoms with E-state index in [9.17, 15) is 10.1 Å². The van der Waals surface area contributed by atoms with E-state index >= 15 is 0 Å². The van der Waals surface area contributed by atoms with E-state index in [2.05, 4.69) is 5.32 Å². The fourth-order valence-corrected chi connectivity index (χ4v) is 1.89. The number of rotatable bonds is 5. The van der Waals surface area contributed by atoms with Crippen LogP contribution >= 0.6 is 0 Å². The molecule has 0 aromatic heterocycles. The maximum Gasteiger partial charge on any atom is 0.287 e.